The number of benzene rings is 9. The van der Waals surface area contributed by atoms with Crippen LogP contribution in [0.4, 0.5) is 17.1 Å². The molecule has 0 bridgehead atoms. The summed E-state index contributed by atoms with van der Waals surface area (Å²) in [6.07, 6.45) is 0. The summed E-state index contributed by atoms with van der Waals surface area (Å²) in [6.45, 7) is 0. The summed E-state index contributed by atoms with van der Waals surface area (Å²) in [5, 5.41) is 6.87. The molecule has 0 saturated carbocycles. The summed E-state index contributed by atoms with van der Waals surface area (Å²) >= 11 is 0. The number of nitrogens with zero attached hydrogens (tertiary/aromatic N) is 2. The summed E-state index contributed by atoms with van der Waals surface area (Å²) in [5.74, 6) is 0. The van der Waals surface area contributed by atoms with E-state index >= 15 is 0 Å². The SMILES string of the molecule is c1ccc(-c2ccc(N(c3ccc(-c4cccc5c4oc4ccccc45)cc3)c3ccc(-n4c5ccccc5c5cc6oc7ccccc7c6cc54)cc3)cc2)cc1. The highest BCUT2D eigenvalue weighted by Crippen LogP contribution is 2.42. The van der Waals surface area contributed by atoms with Gasteiger partial charge < -0.3 is 18.3 Å². The Balaban J connectivity index is 0.980. The van der Waals surface area contributed by atoms with Crippen molar-refractivity contribution >= 4 is 82.7 Å². The van der Waals surface area contributed by atoms with E-state index < -0.39 is 0 Å². The smallest absolute Gasteiger partial charge is 0.143 e. The van der Waals surface area contributed by atoms with Crippen LogP contribution in [0.5, 0.6) is 0 Å². The zero-order valence-electron chi connectivity index (χ0n) is 31.3. The van der Waals surface area contributed by atoms with Gasteiger partial charge in [0.2, 0.25) is 0 Å². The van der Waals surface area contributed by atoms with Gasteiger partial charge >= 0.3 is 0 Å². The molecule has 0 saturated heterocycles. The van der Waals surface area contributed by atoms with Crippen LogP contribution in [0.15, 0.2) is 215 Å². The van der Waals surface area contributed by atoms with Crippen molar-refractivity contribution in [3.8, 4) is 27.9 Å². The fraction of sp³-hybridized carbons (Fsp3) is 0. The van der Waals surface area contributed by atoms with Gasteiger partial charge in [-0.3, -0.25) is 0 Å². The van der Waals surface area contributed by atoms with Gasteiger partial charge in [-0.15, -0.1) is 0 Å². The van der Waals surface area contributed by atoms with E-state index in [9.17, 15) is 0 Å². The van der Waals surface area contributed by atoms with Gasteiger partial charge in [-0.1, -0.05) is 127 Å². The van der Waals surface area contributed by atoms with E-state index in [1.54, 1.807) is 0 Å². The first-order valence-electron chi connectivity index (χ1n) is 19.7. The van der Waals surface area contributed by atoms with Gasteiger partial charge in [0.05, 0.1) is 11.0 Å². The van der Waals surface area contributed by atoms with E-state index in [0.29, 0.717) is 0 Å². The van der Waals surface area contributed by atoms with Crippen LogP contribution >= 0.6 is 0 Å². The van der Waals surface area contributed by atoms with Crippen molar-refractivity contribution in [2.45, 2.75) is 0 Å². The Bertz CT molecular complexity index is 3480. The predicted octanol–water partition coefficient (Wildman–Crippen LogP) is 15.4. The second kappa shape index (κ2) is 12.9. The quantitative estimate of drug-likeness (QED) is 0.170. The molecule has 0 aliphatic rings. The molecular formula is C54H34N2O2. The van der Waals surface area contributed by atoms with Crippen molar-refractivity contribution in [2.75, 3.05) is 4.90 Å². The first kappa shape index (κ1) is 32.4. The highest BCUT2D eigenvalue weighted by atomic mass is 16.3. The van der Waals surface area contributed by atoms with E-state index in [0.717, 1.165) is 88.8 Å². The Morgan fingerprint density at radius 2 is 0.879 bits per heavy atom. The molecule has 0 aliphatic carbocycles. The Labute approximate surface area is 334 Å². The maximum atomic E-state index is 6.42. The third-order valence-electron chi connectivity index (χ3n) is 11.6. The molecule has 12 aromatic rings. The highest BCUT2D eigenvalue weighted by molar-refractivity contribution is 6.17. The van der Waals surface area contributed by atoms with E-state index in [-0.39, 0.29) is 0 Å². The lowest BCUT2D eigenvalue weighted by Crippen LogP contribution is -2.10. The van der Waals surface area contributed by atoms with E-state index in [1.165, 1.54) is 21.9 Å². The van der Waals surface area contributed by atoms with Crippen LogP contribution < -0.4 is 4.90 Å². The maximum Gasteiger partial charge on any atom is 0.143 e. The van der Waals surface area contributed by atoms with Gasteiger partial charge in [0.25, 0.3) is 0 Å². The number of hydrogen-bond donors (Lipinski definition) is 0. The number of para-hydroxylation sites is 4. The van der Waals surface area contributed by atoms with Crippen molar-refractivity contribution in [2.24, 2.45) is 0 Å². The molecular weight excluding hydrogens is 709 g/mol. The number of furan rings is 2. The summed E-state index contributed by atoms with van der Waals surface area (Å²) in [6, 6.07) is 73.2. The molecule has 0 radical (unpaired) electrons. The first-order valence-corrected chi connectivity index (χ1v) is 19.7. The lowest BCUT2D eigenvalue weighted by atomic mass is 10.0. The average Bonchev–Trinajstić information content (AvgIpc) is 3.96. The molecule has 0 atom stereocenters. The van der Waals surface area contributed by atoms with E-state index in [1.807, 2.05) is 24.3 Å². The maximum absolute atomic E-state index is 6.42. The van der Waals surface area contributed by atoms with Gasteiger partial charge in [0, 0.05) is 60.6 Å². The van der Waals surface area contributed by atoms with Crippen LogP contribution in [0.25, 0.3) is 93.6 Å². The third kappa shape index (κ3) is 5.09. The molecule has 0 unspecified atom stereocenters. The summed E-state index contributed by atoms with van der Waals surface area (Å²) in [7, 11) is 0. The normalized spacial score (nSPS) is 11.8. The van der Waals surface area contributed by atoms with Gasteiger partial charge in [-0.05, 0) is 95.6 Å². The van der Waals surface area contributed by atoms with Crippen molar-refractivity contribution in [3.05, 3.63) is 206 Å². The van der Waals surface area contributed by atoms with E-state index in [4.69, 9.17) is 8.83 Å². The number of aromatic nitrogens is 1. The zero-order chi connectivity index (χ0) is 38.2. The Kier molecular flexibility index (Phi) is 7.20. The van der Waals surface area contributed by atoms with Crippen molar-refractivity contribution in [1.82, 2.24) is 4.57 Å². The minimum absolute atomic E-state index is 0.902. The lowest BCUT2D eigenvalue weighted by molar-refractivity contribution is 0.669. The summed E-state index contributed by atoms with van der Waals surface area (Å²) in [5.41, 5.74) is 14.8. The van der Waals surface area contributed by atoms with Gasteiger partial charge in [-0.25, -0.2) is 0 Å². The van der Waals surface area contributed by atoms with Crippen molar-refractivity contribution < 1.29 is 8.83 Å². The molecule has 3 aromatic heterocycles. The van der Waals surface area contributed by atoms with Crippen LogP contribution in [0, 0.1) is 0 Å². The molecule has 4 heteroatoms. The minimum Gasteiger partial charge on any atom is -0.456 e. The molecule has 58 heavy (non-hydrogen) atoms. The Morgan fingerprint density at radius 1 is 0.328 bits per heavy atom. The van der Waals surface area contributed by atoms with Crippen molar-refractivity contribution in [1.29, 1.82) is 0 Å². The predicted molar refractivity (Wildman–Crippen MR) is 241 cm³/mol. The minimum atomic E-state index is 0.902. The number of rotatable bonds is 6. The van der Waals surface area contributed by atoms with Gasteiger partial charge in [0.15, 0.2) is 0 Å². The summed E-state index contributed by atoms with van der Waals surface area (Å²) in [4.78, 5) is 2.33. The Hall–Kier alpha value is -7.82. The molecule has 0 amide bonds. The average molecular weight is 743 g/mol. The lowest BCUT2D eigenvalue weighted by Gasteiger charge is -2.26. The molecule has 3 heterocycles. The molecule has 272 valence electrons. The highest BCUT2D eigenvalue weighted by Gasteiger charge is 2.19. The van der Waals surface area contributed by atoms with Crippen molar-refractivity contribution in [3.63, 3.8) is 0 Å². The molecule has 0 fully saturated rings. The zero-order valence-corrected chi connectivity index (χ0v) is 31.3. The van der Waals surface area contributed by atoms with E-state index in [2.05, 4.69) is 191 Å². The van der Waals surface area contributed by atoms with Crippen LogP contribution in [0.1, 0.15) is 0 Å². The molecule has 9 aromatic carbocycles. The molecule has 0 aliphatic heterocycles. The van der Waals surface area contributed by atoms with Gasteiger partial charge in [-0.2, -0.15) is 0 Å². The number of anilines is 3. The number of hydrogen-bond acceptors (Lipinski definition) is 3. The Morgan fingerprint density at radius 3 is 1.60 bits per heavy atom. The summed E-state index contributed by atoms with van der Waals surface area (Å²) < 4.78 is 15.1. The molecule has 4 nitrogen and oxygen atoms in total. The third-order valence-corrected chi connectivity index (χ3v) is 11.6. The van der Waals surface area contributed by atoms with Crippen LogP contribution in [-0.4, -0.2) is 4.57 Å². The monoisotopic (exact) mass is 742 g/mol. The topological polar surface area (TPSA) is 34.5 Å². The van der Waals surface area contributed by atoms with Crippen LogP contribution in [-0.2, 0) is 0 Å². The molecule has 0 spiro atoms. The second-order valence-corrected chi connectivity index (χ2v) is 14.9. The van der Waals surface area contributed by atoms with Crippen LogP contribution in [0.2, 0.25) is 0 Å². The standard InChI is InChI=1S/C54H34N2O2/c1-2-11-35(12-3-1)36-21-25-38(26-22-36)55(39-27-23-37(24-28-39)42-16-10-17-46-44-14-5-9-20-52(44)58-54(42)46)40-29-31-41(32-30-40)56-49-18-7-4-13-43(49)47-34-53-48(33-50(47)56)45-15-6-8-19-51(45)57-53/h1-34H. The first-order chi connectivity index (χ1) is 28.7. The van der Waals surface area contributed by atoms with Crippen LogP contribution in [0.3, 0.4) is 0 Å². The molecule has 12 rings (SSSR count). The molecule has 0 N–H and O–H groups in total. The number of fused-ring (bicyclic) bond motifs is 9. The van der Waals surface area contributed by atoms with Gasteiger partial charge in [0.1, 0.15) is 22.3 Å². The second-order valence-electron chi connectivity index (χ2n) is 14.9. The fourth-order valence-electron chi connectivity index (χ4n) is 8.86. The fourth-order valence-corrected chi connectivity index (χ4v) is 8.86. The largest absolute Gasteiger partial charge is 0.456 e.